The molecule has 3 rings (SSSR count). The van der Waals surface area contributed by atoms with Crippen LogP contribution in [-0.4, -0.2) is 32.3 Å². The molecule has 136 valence electrons. The second kappa shape index (κ2) is 8.71. The number of carbonyl (C=O) groups excluding carboxylic acids is 1. The molecule has 0 aliphatic heterocycles. The number of para-hydroxylation sites is 1. The van der Waals surface area contributed by atoms with Gasteiger partial charge in [0.2, 0.25) is 5.82 Å². The third kappa shape index (κ3) is 4.35. The molecule has 3 aromatic rings. The lowest BCUT2D eigenvalue weighted by atomic mass is 10.1. The number of hydrogen-bond donors (Lipinski definition) is 0. The van der Waals surface area contributed by atoms with E-state index in [-0.39, 0.29) is 12.1 Å². The minimum atomic E-state index is -0.278. The van der Waals surface area contributed by atoms with Gasteiger partial charge in [-0.25, -0.2) is 4.79 Å². The van der Waals surface area contributed by atoms with Gasteiger partial charge in [-0.3, -0.25) is 0 Å². The van der Waals surface area contributed by atoms with Crippen LogP contribution in [-0.2, 0) is 4.74 Å². The van der Waals surface area contributed by atoms with Crippen LogP contribution < -0.4 is 0 Å². The number of ether oxygens (including phenoxy) is 1. The highest BCUT2D eigenvalue weighted by Crippen LogP contribution is 2.26. The van der Waals surface area contributed by atoms with Crippen molar-refractivity contribution in [1.29, 1.82) is 0 Å². The first-order chi connectivity index (χ1) is 12.7. The molecule has 0 radical (unpaired) electrons. The number of unbranched alkanes of at least 4 members (excludes halogenated alkanes) is 1. The number of carbonyl (C=O) groups is 1. The van der Waals surface area contributed by atoms with Gasteiger partial charge in [0.05, 0.1) is 10.6 Å². The van der Waals surface area contributed by atoms with E-state index in [0.29, 0.717) is 10.7 Å². The van der Waals surface area contributed by atoms with Crippen LogP contribution in [0.2, 0.25) is 0 Å². The molecule has 0 fully saturated rings. The summed E-state index contributed by atoms with van der Waals surface area (Å²) in [6, 6.07) is 13.2. The normalized spacial score (nSPS) is 12.1. The van der Waals surface area contributed by atoms with E-state index in [1.807, 2.05) is 43.3 Å². The number of tetrazole rings is 1. The molecule has 2 aromatic heterocycles. The fourth-order valence-corrected chi connectivity index (χ4v) is 3.35. The smallest absolute Gasteiger partial charge is 0.348 e. The fourth-order valence-electron chi connectivity index (χ4n) is 2.54. The summed E-state index contributed by atoms with van der Waals surface area (Å²) in [6.45, 7) is 4.18. The SMILES string of the molecule is CCCCC(CC)OC(=O)c1ccc(-c2nnn(-c3ccccc3)n2)s1. The number of benzene rings is 1. The Balaban J connectivity index is 1.70. The Labute approximate surface area is 156 Å². The van der Waals surface area contributed by atoms with Crippen LogP contribution in [0.25, 0.3) is 16.4 Å². The van der Waals surface area contributed by atoms with E-state index in [4.69, 9.17) is 4.74 Å². The topological polar surface area (TPSA) is 69.9 Å². The number of hydrogen-bond acceptors (Lipinski definition) is 6. The lowest BCUT2D eigenvalue weighted by molar-refractivity contribution is 0.0274. The predicted molar refractivity (Wildman–Crippen MR) is 101 cm³/mol. The van der Waals surface area contributed by atoms with Crippen molar-refractivity contribution < 1.29 is 9.53 Å². The standard InChI is InChI=1S/C19H22N4O2S/c1-3-5-11-15(4-2)25-19(24)17-13-12-16(26-17)18-20-22-23(21-18)14-9-7-6-8-10-14/h6-10,12-13,15H,3-5,11H2,1-2H3. The summed E-state index contributed by atoms with van der Waals surface area (Å²) >= 11 is 1.33. The van der Waals surface area contributed by atoms with Gasteiger partial charge in [0.15, 0.2) is 0 Å². The quantitative estimate of drug-likeness (QED) is 0.545. The van der Waals surface area contributed by atoms with Crippen molar-refractivity contribution in [3.63, 3.8) is 0 Å². The Hall–Kier alpha value is -2.54. The van der Waals surface area contributed by atoms with Crippen molar-refractivity contribution in [2.45, 2.75) is 45.6 Å². The lowest BCUT2D eigenvalue weighted by Gasteiger charge is -2.14. The van der Waals surface area contributed by atoms with Gasteiger partial charge >= 0.3 is 5.97 Å². The number of nitrogens with zero attached hydrogens (tertiary/aromatic N) is 4. The fraction of sp³-hybridized carbons (Fsp3) is 0.368. The zero-order chi connectivity index (χ0) is 18.4. The molecular weight excluding hydrogens is 348 g/mol. The predicted octanol–water partition coefficient (Wildman–Crippen LogP) is 4.52. The Kier molecular flexibility index (Phi) is 6.12. The maximum Gasteiger partial charge on any atom is 0.348 e. The van der Waals surface area contributed by atoms with Crippen LogP contribution in [0.1, 0.15) is 49.2 Å². The van der Waals surface area contributed by atoms with Gasteiger partial charge < -0.3 is 4.74 Å². The van der Waals surface area contributed by atoms with E-state index in [2.05, 4.69) is 22.3 Å². The van der Waals surface area contributed by atoms with E-state index in [9.17, 15) is 4.79 Å². The van der Waals surface area contributed by atoms with Crippen molar-refractivity contribution in [3.8, 4) is 16.4 Å². The monoisotopic (exact) mass is 370 g/mol. The van der Waals surface area contributed by atoms with Gasteiger partial charge in [0, 0.05) is 0 Å². The first-order valence-electron chi connectivity index (χ1n) is 8.88. The van der Waals surface area contributed by atoms with Crippen LogP contribution in [0.4, 0.5) is 0 Å². The highest BCUT2D eigenvalue weighted by atomic mass is 32.1. The summed E-state index contributed by atoms with van der Waals surface area (Å²) in [5, 5.41) is 12.6. The molecule has 7 heteroatoms. The summed E-state index contributed by atoms with van der Waals surface area (Å²) in [4.78, 5) is 15.2. The lowest BCUT2D eigenvalue weighted by Crippen LogP contribution is -2.16. The Morgan fingerprint density at radius 1 is 1.19 bits per heavy atom. The molecule has 0 amide bonds. The largest absolute Gasteiger partial charge is 0.458 e. The maximum atomic E-state index is 12.4. The molecule has 0 aliphatic carbocycles. The van der Waals surface area contributed by atoms with Crippen molar-refractivity contribution in [3.05, 3.63) is 47.3 Å². The van der Waals surface area contributed by atoms with Crippen molar-refractivity contribution in [2.75, 3.05) is 0 Å². The van der Waals surface area contributed by atoms with Gasteiger partial charge in [-0.15, -0.1) is 26.3 Å². The van der Waals surface area contributed by atoms with Crippen molar-refractivity contribution in [2.24, 2.45) is 0 Å². The average molecular weight is 370 g/mol. The first-order valence-corrected chi connectivity index (χ1v) is 9.69. The molecule has 1 aromatic carbocycles. The summed E-state index contributed by atoms with van der Waals surface area (Å²) in [5.41, 5.74) is 0.837. The molecule has 6 nitrogen and oxygen atoms in total. The first kappa shape index (κ1) is 18.3. The minimum absolute atomic E-state index is 0.0231. The van der Waals surface area contributed by atoms with E-state index in [1.54, 1.807) is 6.07 Å². The number of rotatable bonds is 8. The Morgan fingerprint density at radius 3 is 2.73 bits per heavy atom. The molecule has 0 bridgehead atoms. The van der Waals surface area contributed by atoms with Crippen LogP contribution in [0.3, 0.4) is 0 Å². The molecule has 26 heavy (non-hydrogen) atoms. The van der Waals surface area contributed by atoms with Crippen LogP contribution in [0.5, 0.6) is 0 Å². The minimum Gasteiger partial charge on any atom is -0.458 e. The Bertz CT molecular complexity index is 844. The number of thiophene rings is 1. The molecule has 0 saturated carbocycles. The van der Waals surface area contributed by atoms with Gasteiger partial charge in [-0.1, -0.05) is 44.9 Å². The molecule has 1 atom stereocenters. The summed E-state index contributed by atoms with van der Waals surface area (Å²) in [5.74, 6) is 0.218. The van der Waals surface area contributed by atoms with Crippen LogP contribution in [0, 0.1) is 0 Å². The molecule has 1 unspecified atom stereocenters. The third-order valence-electron chi connectivity index (χ3n) is 4.04. The van der Waals surface area contributed by atoms with Crippen molar-refractivity contribution >= 4 is 17.3 Å². The highest BCUT2D eigenvalue weighted by molar-refractivity contribution is 7.17. The zero-order valence-electron chi connectivity index (χ0n) is 15.0. The number of aromatic nitrogens is 4. The third-order valence-corrected chi connectivity index (χ3v) is 5.10. The molecule has 0 spiro atoms. The zero-order valence-corrected chi connectivity index (χ0v) is 15.8. The van der Waals surface area contributed by atoms with Gasteiger partial charge in [0.1, 0.15) is 11.0 Å². The van der Waals surface area contributed by atoms with Gasteiger partial charge in [-0.05, 0) is 42.3 Å². The van der Waals surface area contributed by atoms with Crippen LogP contribution >= 0.6 is 11.3 Å². The van der Waals surface area contributed by atoms with E-state index < -0.39 is 0 Å². The van der Waals surface area contributed by atoms with E-state index in [1.165, 1.54) is 16.1 Å². The Morgan fingerprint density at radius 2 is 2.00 bits per heavy atom. The molecular formula is C19H22N4O2S. The van der Waals surface area contributed by atoms with Gasteiger partial charge in [0.25, 0.3) is 0 Å². The highest BCUT2D eigenvalue weighted by Gasteiger charge is 2.18. The maximum absolute atomic E-state index is 12.4. The van der Waals surface area contributed by atoms with E-state index in [0.717, 1.165) is 36.2 Å². The number of esters is 1. The molecule has 0 saturated heterocycles. The summed E-state index contributed by atoms with van der Waals surface area (Å²) < 4.78 is 5.62. The molecule has 0 N–H and O–H groups in total. The average Bonchev–Trinajstić information content (AvgIpc) is 3.35. The molecule has 0 aliphatic rings. The van der Waals surface area contributed by atoms with Gasteiger partial charge in [-0.2, -0.15) is 0 Å². The van der Waals surface area contributed by atoms with Crippen LogP contribution in [0.15, 0.2) is 42.5 Å². The van der Waals surface area contributed by atoms with Crippen molar-refractivity contribution in [1.82, 2.24) is 20.2 Å². The second-order valence-corrected chi connectivity index (χ2v) is 7.06. The van der Waals surface area contributed by atoms with E-state index >= 15 is 0 Å². The summed E-state index contributed by atoms with van der Waals surface area (Å²) in [7, 11) is 0. The second-order valence-electron chi connectivity index (χ2n) is 5.98. The molecule has 2 heterocycles. The summed E-state index contributed by atoms with van der Waals surface area (Å²) in [6.07, 6.45) is 3.87.